The third kappa shape index (κ3) is 5.01. The van der Waals surface area contributed by atoms with Crippen molar-refractivity contribution < 1.29 is 4.74 Å². The highest BCUT2D eigenvalue weighted by Gasteiger charge is 2.36. The van der Waals surface area contributed by atoms with Crippen molar-refractivity contribution in [2.24, 2.45) is 10.4 Å². The monoisotopic (exact) mass is 371 g/mol. The molecule has 0 unspecified atom stereocenters. The number of nitrogens with zero attached hydrogens (tertiary/aromatic N) is 3. The number of fused-ring (bicyclic) bond motifs is 1. The molecule has 0 radical (unpaired) electrons. The van der Waals surface area contributed by atoms with E-state index < -0.39 is 0 Å². The number of aliphatic imine (C=N–C) groups is 1. The van der Waals surface area contributed by atoms with Crippen molar-refractivity contribution in [3.8, 4) is 0 Å². The Kier molecular flexibility index (Phi) is 6.72. The van der Waals surface area contributed by atoms with Gasteiger partial charge in [-0.05, 0) is 50.2 Å². The quantitative estimate of drug-likeness (QED) is 0.525. The molecule has 6 nitrogen and oxygen atoms in total. The summed E-state index contributed by atoms with van der Waals surface area (Å²) in [7, 11) is 1.78. The highest BCUT2D eigenvalue weighted by atomic mass is 16.5. The van der Waals surface area contributed by atoms with Crippen LogP contribution < -0.4 is 10.6 Å². The van der Waals surface area contributed by atoms with Crippen molar-refractivity contribution in [1.29, 1.82) is 0 Å². The van der Waals surface area contributed by atoms with Gasteiger partial charge >= 0.3 is 0 Å². The van der Waals surface area contributed by atoms with Crippen LogP contribution in [0.25, 0.3) is 5.65 Å². The van der Waals surface area contributed by atoms with E-state index in [4.69, 9.17) is 14.7 Å². The van der Waals surface area contributed by atoms with E-state index in [0.29, 0.717) is 5.41 Å². The summed E-state index contributed by atoms with van der Waals surface area (Å²) in [5, 5.41) is 6.83. The Morgan fingerprint density at radius 2 is 2.22 bits per heavy atom. The first-order valence-electron chi connectivity index (χ1n) is 10.1. The zero-order valence-electron chi connectivity index (χ0n) is 16.9. The molecule has 0 atom stereocenters. The van der Waals surface area contributed by atoms with Crippen molar-refractivity contribution in [3.05, 3.63) is 35.8 Å². The first kappa shape index (κ1) is 19.7. The second kappa shape index (κ2) is 9.22. The first-order valence-corrected chi connectivity index (χ1v) is 10.1. The Morgan fingerprint density at radius 3 is 2.89 bits per heavy atom. The van der Waals surface area contributed by atoms with E-state index in [1.165, 1.54) is 24.8 Å². The second-order valence-electron chi connectivity index (χ2n) is 7.62. The van der Waals surface area contributed by atoms with Crippen LogP contribution in [0, 0.1) is 12.3 Å². The predicted molar refractivity (Wildman–Crippen MR) is 110 cm³/mol. The van der Waals surface area contributed by atoms with E-state index in [1.54, 1.807) is 7.11 Å². The van der Waals surface area contributed by atoms with Gasteiger partial charge in [-0.2, -0.15) is 0 Å². The lowest BCUT2D eigenvalue weighted by atomic mass is 9.67. The van der Waals surface area contributed by atoms with Gasteiger partial charge in [0, 0.05) is 52.2 Å². The van der Waals surface area contributed by atoms with Gasteiger partial charge in [-0.3, -0.25) is 4.99 Å². The van der Waals surface area contributed by atoms with Gasteiger partial charge in [-0.15, -0.1) is 0 Å². The van der Waals surface area contributed by atoms with Crippen LogP contribution in [-0.4, -0.2) is 48.7 Å². The molecular weight excluding hydrogens is 338 g/mol. The van der Waals surface area contributed by atoms with Gasteiger partial charge in [0.15, 0.2) is 5.96 Å². The average molecular weight is 372 g/mol. The number of methoxy groups -OCH3 is 1. The fourth-order valence-corrected chi connectivity index (χ4v) is 3.70. The molecule has 1 aliphatic rings. The summed E-state index contributed by atoms with van der Waals surface area (Å²) in [6.45, 7) is 7.59. The number of hydrogen-bond donors (Lipinski definition) is 2. The molecule has 1 aliphatic carbocycles. The van der Waals surface area contributed by atoms with Gasteiger partial charge in [0.05, 0.1) is 5.69 Å². The minimum Gasteiger partial charge on any atom is -0.385 e. The molecule has 0 amide bonds. The lowest BCUT2D eigenvalue weighted by molar-refractivity contribution is 0.0778. The standard InChI is InChI=1S/C21H33N5O/c1-4-22-20(24-16-21(9-6-10-21)11-14-27-3)23-12-8-18-15-26-13-5-7-17(2)19(26)25-18/h5,7,13,15H,4,6,8-12,14,16H2,1-3H3,(H2,22,23,24). The third-order valence-corrected chi connectivity index (χ3v) is 5.57. The molecule has 2 heterocycles. The Morgan fingerprint density at radius 1 is 1.37 bits per heavy atom. The topological polar surface area (TPSA) is 63.0 Å². The number of imidazole rings is 1. The van der Waals surface area contributed by atoms with Crippen LogP contribution in [0.15, 0.2) is 29.5 Å². The number of nitrogens with one attached hydrogen (secondary N) is 2. The minimum absolute atomic E-state index is 0.345. The van der Waals surface area contributed by atoms with Crippen molar-refractivity contribution >= 4 is 11.6 Å². The summed E-state index contributed by atoms with van der Waals surface area (Å²) >= 11 is 0. The molecule has 0 aromatic carbocycles. The van der Waals surface area contributed by atoms with Crippen LogP contribution >= 0.6 is 0 Å². The number of pyridine rings is 1. The fourth-order valence-electron chi connectivity index (χ4n) is 3.70. The summed E-state index contributed by atoms with van der Waals surface area (Å²) in [6, 6.07) is 4.15. The normalized spacial score (nSPS) is 16.3. The Labute approximate surface area is 162 Å². The molecule has 2 N–H and O–H groups in total. The lowest BCUT2D eigenvalue weighted by Gasteiger charge is -2.40. The van der Waals surface area contributed by atoms with Crippen LogP contribution in [-0.2, 0) is 11.2 Å². The van der Waals surface area contributed by atoms with Crippen molar-refractivity contribution in [3.63, 3.8) is 0 Å². The van der Waals surface area contributed by atoms with E-state index >= 15 is 0 Å². The van der Waals surface area contributed by atoms with Crippen molar-refractivity contribution in [1.82, 2.24) is 20.0 Å². The molecule has 0 spiro atoms. The summed E-state index contributed by atoms with van der Waals surface area (Å²) in [5.41, 5.74) is 3.69. The molecule has 6 heteroatoms. The van der Waals surface area contributed by atoms with Gasteiger partial charge in [0.1, 0.15) is 5.65 Å². The van der Waals surface area contributed by atoms with E-state index in [-0.39, 0.29) is 0 Å². The fraction of sp³-hybridized carbons (Fsp3) is 0.619. The number of guanidine groups is 1. The highest BCUT2D eigenvalue weighted by molar-refractivity contribution is 5.79. The summed E-state index contributed by atoms with van der Waals surface area (Å²) < 4.78 is 7.38. The molecule has 0 aliphatic heterocycles. The van der Waals surface area contributed by atoms with Crippen molar-refractivity contribution in [2.45, 2.75) is 46.0 Å². The largest absolute Gasteiger partial charge is 0.385 e. The smallest absolute Gasteiger partial charge is 0.191 e. The molecule has 0 saturated heterocycles. The molecule has 27 heavy (non-hydrogen) atoms. The number of hydrogen-bond acceptors (Lipinski definition) is 3. The summed E-state index contributed by atoms with van der Waals surface area (Å²) in [4.78, 5) is 9.61. The SMILES string of the molecule is CCNC(=NCC1(CCOC)CCC1)NCCc1cn2cccc(C)c2n1. The number of aryl methyl sites for hydroxylation is 1. The van der Waals surface area contributed by atoms with Gasteiger partial charge in [0.2, 0.25) is 0 Å². The first-order chi connectivity index (χ1) is 13.2. The van der Waals surface area contributed by atoms with Crippen LogP contribution in [0.5, 0.6) is 0 Å². The van der Waals surface area contributed by atoms with E-state index in [9.17, 15) is 0 Å². The zero-order valence-corrected chi connectivity index (χ0v) is 16.9. The maximum Gasteiger partial charge on any atom is 0.191 e. The Bertz CT molecular complexity index is 763. The third-order valence-electron chi connectivity index (χ3n) is 5.57. The summed E-state index contributed by atoms with van der Waals surface area (Å²) in [6.07, 6.45) is 9.99. The van der Waals surface area contributed by atoms with Gasteiger partial charge in [-0.1, -0.05) is 12.5 Å². The number of aromatic nitrogens is 2. The molecule has 148 valence electrons. The molecule has 2 aromatic rings. The zero-order chi connectivity index (χ0) is 19.1. The van der Waals surface area contributed by atoms with Crippen molar-refractivity contribution in [2.75, 3.05) is 33.4 Å². The van der Waals surface area contributed by atoms with Gasteiger partial charge < -0.3 is 19.8 Å². The lowest BCUT2D eigenvalue weighted by Crippen LogP contribution is -2.41. The molecule has 2 aromatic heterocycles. The van der Waals surface area contributed by atoms with Gasteiger partial charge in [-0.25, -0.2) is 4.98 Å². The molecule has 1 saturated carbocycles. The van der Waals surface area contributed by atoms with Gasteiger partial charge in [0.25, 0.3) is 0 Å². The van der Waals surface area contributed by atoms with Crippen LogP contribution in [0.4, 0.5) is 0 Å². The second-order valence-corrected chi connectivity index (χ2v) is 7.62. The molecule has 0 bridgehead atoms. The summed E-state index contributed by atoms with van der Waals surface area (Å²) in [5.74, 6) is 0.904. The Hall–Kier alpha value is -2.08. The Balaban J connectivity index is 1.55. The number of ether oxygens (including phenoxy) is 1. The maximum absolute atomic E-state index is 5.29. The van der Waals surface area contributed by atoms with Crippen LogP contribution in [0.2, 0.25) is 0 Å². The van der Waals surface area contributed by atoms with Crippen LogP contribution in [0.3, 0.4) is 0 Å². The maximum atomic E-state index is 5.29. The predicted octanol–water partition coefficient (Wildman–Crippen LogP) is 2.95. The highest BCUT2D eigenvalue weighted by Crippen LogP contribution is 2.44. The van der Waals surface area contributed by atoms with Crippen LogP contribution in [0.1, 0.15) is 43.9 Å². The van der Waals surface area contributed by atoms with E-state index in [0.717, 1.165) is 56.4 Å². The number of rotatable bonds is 9. The molecular formula is C21H33N5O. The van der Waals surface area contributed by atoms with E-state index in [2.05, 4.69) is 53.4 Å². The average Bonchev–Trinajstić information content (AvgIpc) is 3.05. The molecule has 1 fully saturated rings. The molecule has 3 rings (SSSR count). The minimum atomic E-state index is 0.345. The van der Waals surface area contributed by atoms with E-state index in [1.807, 2.05) is 0 Å².